The molecule has 2 aromatic carbocycles. The lowest BCUT2D eigenvalue weighted by atomic mass is 10.1. The van der Waals surface area contributed by atoms with Gasteiger partial charge in [0.15, 0.2) is 0 Å². The van der Waals surface area contributed by atoms with E-state index >= 15 is 0 Å². The molecule has 13 heteroatoms. The molecule has 3 N–H and O–H groups in total. The molecule has 0 saturated carbocycles. The number of amides is 3. The Morgan fingerprint density at radius 2 is 1.04 bits per heavy atom. The number of nitrogens with one attached hydrogen (secondary N) is 3. The minimum absolute atomic E-state index is 0.0793. The predicted octanol–water partition coefficient (Wildman–Crippen LogP) is 4.73. The Morgan fingerprint density at radius 3 is 1.45 bits per heavy atom. The summed E-state index contributed by atoms with van der Waals surface area (Å²) in [6.45, 7) is 12.8. The van der Waals surface area contributed by atoms with E-state index in [1.165, 1.54) is 5.69 Å². The number of rotatable bonds is 8. The number of hydrogen-bond donors (Lipinski definition) is 3. The van der Waals surface area contributed by atoms with E-state index in [1.807, 2.05) is 88.5 Å². The van der Waals surface area contributed by atoms with Gasteiger partial charge in [-0.25, -0.2) is 9.97 Å². The molecule has 284 valence electrons. The zero-order valence-corrected chi connectivity index (χ0v) is 31.6. The molecule has 2 atom stereocenters. The predicted molar refractivity (Wildman–Crippen MR) is 215 cm³/mol. The van der Waals surface area contributed by atoms with Gasteiger partial charge in [0.25, 0.3) is 11.8 Å². The minimum Gasteiger partial charge on any atom is -0.369 e. The number of aromatic nitrogens is 4. The number of benzene rings is 2. The molecule has 6 aromatic rings. The Balaban J connectivity index is 0.000000170. The number of imidazole rings is 2. The van der Waals surface area contributed by atoms with Crippen LogP contribution in [0.15, 0.2) is 110 Å². The highest BCUT2D eigenvalue weighted by Crippen LogP contribution is 2.22. The Kier molecular flexibility index (Phi) is 11.4. The maximum atomic E-state index is 12.6. The minimum atomic E-state index is -0.189. The van der Waals surface area contributed by atoms with Crippen LogP contribution in [0.1, 0.15) is 65.0 Å². The molecule has 0 aliphatic carbocycles. The Labute approximate surface area is 321 Å². The van der Waals surface area contributed by atoms with E-state index in [4.69, 9.17) is 0 Å². The molecule has 4 aromatic heterocycles. The van der Waals surface area contributed by atoms with Crippen LogP contribution in [0, 0.1) is 0 Å². The lowest BCUT2D eigenvalue weighted by molar-refractivity contribution is -0.129. The zero-order valence-electron chi connectivity index (χ0n) is 31.6. The summed E-state index contributed by atoms with van der Waals surface area (Å²) in [5.74, 6) is -0.215. The second-order valence-electron chi connectivity index (χ2n) is 14.0. The fraction of sp³-hybridized carbons (Fsp3) is 0.310. The zero-order chi connectivity index (χ0) is 38.3. The topological polar surface area (TPSA) is 132 Å². The van der Waals surface area contributed by atoms with Crippen molar-refractivity contribution >= 4 is 40.4 Å². The highest BCUT2D eigenvalue weighted by Gasteiger charge is 2.20. The Bertz CT molecular complexity index is 2170. The molecule has 2 aliphatic rings. The van der Waals surface area contributed by atoms with Gasteiger partial charge in [0.2, 0.25) is 5.91 Å². The summed E-state index contributed by atoms with van der Waals surface area (Å²) >= 11 is 0. The summed E-state index contributed by atoms with van der Waals surface area (Å²) in [5.41, 5.74) is 6.84. The monoisotopic (exact) mass is 740 g/mol. The van der Waals surface area contributed by atoms with Crippen LogP contribution in [0.25, 0.3) is 11.3 Å². The number of piperazine rings is 2. The van der Waals surface area contributed by atoms with Gasteiger partial charge < -0.3 is 39.5 Å². The van der Waals surface area contributed by atoms with Crippen molar-refractivity contribution in [3.8, 4) is 0 Å². The number of fused-ring (bicyclic) bond motifs is 2. The number of anilines is 2. The fourth-order valence-electron chi connectivity index (χ4n) is 6.95. The van der Waals surface area contributed by atoms with Crippen LogP contribution in [-0.4, -0.2) is 93.7 Å². The number of hydrogen-bond acceptors (Lipinski definition) is 8. The van der Waals surface area contributed by atoms with Gasteiger partial charge in [-0.15, -0.1) is 0 Å². The normalized spacial score (nSPS) is 15.6. The smallest absolute Gasteiger partial charge is 0.271 e. The maximum Gasteiger partial charge on any atom is 0.271 e. The van der Waals surface area contributed by atoms with Gasteiger partial charge in [-0.05, 0) is 73.5 Å². The van der Waals surface area contributed by atoms with Gasteiger partial charge in [0, 0.05) is 95.4 Å². The first-order valence-electron chi connectivity index (χ1n) is 18.9. The van der Waals surface area contributed by atoms with Gasteiger partial charge in [0.05, 0.1) is 12.1 Å². The van der Waals surface area contributed by atoms with Crippen molar-refractivity contribution in [2.45, 2.75) is 32.9 Å². The highest BCUT2D eigenvalue weighted by molar-refractivity contribution is 5.93. The molecule has 55 heavy (non-hydrogen) atoms. The van der Waals surface area contributed by atoms with E-state index < -0.39 is 0 Å². The van der Waals surface area contributed by atoms with Crippen LogP contribution in [0.3, 0.4) is 0 Å². The van der Waals surface area contributed by atoms with Crippen LogP contribution in [0.5, 0.6) is 0 Å². The van der Waals surface area contributed by atoms with Crippen molar-refractivity contribution in [2.75, 3.05) is 62.2 Å². The summed E-state index contributed by atoms with van der Waals surface area (Å²) in [7, 11) is 0. The molecular weight excluding hydrogens is 693 g/mol. The Morgan fingerprint density at radius 1 is 0.600 bits per heavy atom. The lowest BCUT2D eigenvalue weighted by Crippen LogP contribution is -2.48. The average Bonchev–Trinajstić information content (AvgIpc) is 3.87. The summed E-state index contributed by atoms with van der Waals surface area (Å²) < 4.78 is 3.68. The van der Waals surface area contributed by atoms with Crippen molar-refractivity contribution in [3.63, 3.8) is 0 Å². The second kappa shape index (κ2) is 16.9. The van der Waals surface area contributed by atoms with E-state index in [9.17, 15) is 14.4 Å². The van der Waals surface area contributed by atoms with E-state index in [1.54, 1.807) is 19.3 Å². The van der Waals surface area contributed by atoms with Crippen LogP contribution >= 0.6 is 0 Å². The second-order valence-corrected chi connectivity index (χ2v) is 14.0. The van der Waals surface area contributed by atoms with E-state index in [2.05, 4.69) is 72.1 Å². The molecule has 0 spiro atoms. The third-order valence-electron chi connectivity index (χ3n) is 10.2. The first-order chi connectivity index (χ1) is 26.7. The fourth-order valence-corrected chi connectivity index (χ4v) is 6.95. The van der Waals surface area contributed by atoms with Crippen LogP contribution in [-0.2, 0) is 4.79 Å². The molecule has 2 saturated heterocycles. The lowest BCUT2D eigenvalue weighted by Gasteiger charge is -2.35. The van der Waals surface area contributed by atoms with Gasteiger partial charge >= 0.3 is 0 Å². The molecular formula is C42H48N10O3. The largest absolute Gasteiger partial charge is 0.369 e. The quantitative estimate of drug-likeness (QED) is 0.204. The molecule has 13 nitrogen and oxygen atoms in total. The van der Waals surface area contributed by atoms with Crippen LogP contribution < -0.4 is 25.8 Å². The molecule has 6 heterocycles. The molecule has 0 bridgehead atoms. The number of pyridine rings is 2. The van der Waals surface area contributed by atoms with E-state index in [0.29, 0.717) is 11.4 Å². The molecule has 2 fully saturated rings. The Hall–Kier alpha value is -6.21. The van der Waals surface area contributed by atoms with Crippen LogP contribution in [0.2, 0.25) is 0 Å². The van der Waals surface area contributed by atoms with Crippen molar-refractivity contribution in [3.05, 3.63) is 132 Å². The van der Waals surface area contributed by atoms with E-state index in [0.717, 1.165) is 80.5 Å². The summed E-state index contributed by atoms with van der Waals surface area (Å²) in [5, 5.41) is 9.42. The van der Waals surface area contributed by atoms with Crippen molar-refractivity contribution in [2.24, 2.45) is 0 Å². The van der Waals surface area contributed by atoms with Gasteiger partial charge in [0.1, 0.15) is 22.7 Å². The summed E-state index contributed by atoms with van der Waals surface area (Å²) in [6, 6.07) is 27.9. The average molecular weight is 741 g/mol. The van der Waals surface area contributed by atoms with E-state index in [-0.39, 0.29) is 29.8 Å². The van der Waals surface area contributed by atoms with Crippen LogP contribution in [0.4, 0.5) is 11.4 Å². The third-order valence-corrected chi connectivity index (χ3v) is 10.2. The molecule has 3 amide bonds. The number of carbonyl (C=O) groups is 3. The summed E-state index contributed by atoms with van der Waals surface area (Å²) in [4.78, 5) is 51.8. The number of carbonyl (C=O) groups excluding carboxylic acids is 3. The standard InChI is InChI=1S/C22H25N5O2.C20H23N5O/c1-16(23-22(29)20-15-27-10-4-3-5-21(27)24-20)18-6-8-19(9-7-18)26-13-11-25(12-14-26)17(2)28;1-15(16-5-7-17(8-6-16)24-12-9-21-10-13-24)22-20(26)18-14-25-11-3-2-4-19(25)23-18/h3-10,15-16H,11-14H2,1-2H3,(H,23,29);2-8,11,14-15,21H,9-10,12-13H2,1H3,(H,22,26)/t16-;15-/m11/s1. The van der Waals surface area contributed by atoms with Gasteiger partial charge in [-0.1, -0.05) is 36.4 Å². The highest BCUT2D eigenvalue weighted by atomic mass is 16.2. The summed E-state index contributed by atoms with van der Waals surface area (Å²) in [6.07, 6.45) is 7.25. The first kappa shape index (κ1) is 37.1. The molecule has 8 rings (SSSR count). The first-order valence-corrected chi connectivity index (χ1v) is 18.9. The maximum absolute atomic E-state index is 12.6. The molecule has 2 aliphatic heterocycles. The molecule has 0 unspecified atom stereocenters. The van der Waals surface area contributed by atoms with Crippen molar-refractivity contribution in [1.29, 1.82) is 0 Å². The molecule has 0 radical (unpaired) electrons. The van der Waals surface area contributed by atoms with Crippen molar-refractivity contribution < 1.29 is 14.4 Å². The third kappa shape index (κ3) is 8.95. The SMILES string of the molecule is CC(=O)N1CCN(c2ccc([C@@H](C)NC(=O)c3cn4ccccc4n3)cc2)CC1.C[C@@H](NC(=O)c1cn2ccccc2n1)c1ccc(N2CCNCC2)cc1. The van der Waals surface area contributed by atoms with Gasteiger partial charge in [-0.3, -0.25) is 14.4 Å². The van der Waals surface area contributed by atoms with Crippen molar-refractivity contribution in [1.82, 2.24) is 39.6 Å². The number of nitrogens with zero attached hydrogens (tertiary/aromatic N) is 7. The van der Waals surface area contributed by atoms with Gasteiger partial charge in [-0.2, -0.15) is 0 Å².